The molecule has 1 amide bonds. The van der Waals surface area contributed by atoms with Crippen LogP contribution in [0.4, 0.5) is 24.5 Å². The number of nitrogens with zero attached hydrogens (tertiary/aromatic N) is 1. The molecule has 1 N–H and O–H groups in total. The van der Waals surface area contributed by atoms with Crippen molar-refractivity contribution in [1.82, 2.24) is 0 Å². The van der Waals surface area contributed by atoms with E-state index in [0.29, 0.717) is 25.3 Å². The number of rotatable bonds is 4. The third kappa shape index (κ3) is 3.85. The molecule has 0 radical (unpaired) electrons. The van der Waals surface area contributed by atoms with Crippen LogP contribution in [0.1, 0.15) is 23.5 Å². The Morgan fingerprint density at radius 3 is 2.46 bits per heavy atom. The quantitative estimate of drug-likeness (QED) is 0.847. The van der Waals surface area contributed by atoms with E-state index in [0.717, 1.165) is 24.8 Å². The molecule has 0 spiro atoms. The van der Waals surface area contributed by atoms with Crippen molar-refractivity contribution < 1.29 is 22.7 Å². The van der Waals surface area contributed by atoms with Gasteiger partial charge in [0.15, 0.2) is 0 Å². The van der Waals surface area contributed by atoms with Crippen molar-refractivity contribution >= 4 is 17.3 Å². The van der Waals surface area contributed by atoms with E-state index < -0.39 is 23.6 Å². The van der Waals surface area contributed by atoms with Crippen molar-refractivity contribution in [2.24, 2.45) is 5.92 Å². The van der Waals surface area contributed by atoms with Gasteiger partial charge in [0.25, 0.3) is 0 Å². The topological polar surface area (TPSA) is 41.6 Å². The van der Waals surface area contributed by atoms with Gasteiger partial charge in [-0.1, -0.05) is 30.3 Å². The molecular weight excluding hydrogens is 369 g/mol. The van der Waals surface area contributed by atoms with Crippen LogP contribution in [0.15, 0.2) is 48.5 Å². The van der Waals surface area contributed by atoms with E-state index in [1.807, 2.05) is 24.3 Å². The van der Waals surface area contributed by atoms with Gasteiger partial charge < -0.3 is 15.0 Å². The fourth-order valence-electron chi connectivity index (χ4n) is 3.79. The summed E-state index contributed by atoms with van der Waals surface area (Å²) in [6.45, 7) is 2.72. The van der Waals surface area contributed by atoms with Gasteiger partial charge in [-0.05, 0) is 36.1 Å². The molecule has 148 valence electrons. The maximum atomic E-state index is 13.3. The molecule has 2 aromatic carbocycles. The second kappa shape index (κ2) is 7.47. The number of halogens is 3. The second-order valence-corrected chi connectivity index (χ2v) is 7.14. The number of morpholine rings is 1. The fourth-order valence-corrected chi connectivity index (χ4v) is 3.79. The Hall–Kier alpha value is -2.54. The largest absolute Gasteiger partial charge is 0.416 e. The van der Waals surface area contributed by atoms with Crippen molar-refractivity contribution in [2.75, 3.05) is 36.5 Å². The number of carbonyl (C=O) groups is 1. The normalized spacial score (nSPS) is 22.0. The maximum Gasteiger partial charge on any atom is 0.416 e. The number of hydrogen-bond donors (Lipinski definition) is 1. The Balaban J connectivity index is 1.49. The van der Waals surface area contributed by atoms with Crippen molar-refractivity contribution in [3.8, 4) is 0 Å². The van der Waals surface area contributed by atoms with Crippen LogP contribution in [0.2, 0.25) is 0 Å². The molecule has 0 aromatic heterocycles. The summed E-state index contributed by atoms with van der Waals surface area (Å²) in [5.41, 5.74) is 1.15. The zero-order valence-electron chi connectivity index (χ0n) is 15.2. The molecule has 2 atom stereocenters. The summed E-state index contributed by atoms with van der Waals surface area (Å²) < 4.78 is 45.1. The van der Waals surface area contributed by atoms with Gasteiger partial charge in [-0.3, -0.25) is 4.79 Å². The smallest absolute Gasteiger partial charge is 0.378 e. The standard InChI is InChI=1S/C21H21F3N2O2/c22-21(23,24)17-6-2-1-5-14(17)15-13-16(15)20(27)25-18-7-3-4-8-19(18)26-9-11-28-12-10-26/h1-8,15-16H,9-13H2,(H,25,27). The van der Waals surface area contributed by atoms with E-state index in [9.17, 15) is 18.0 Å². The first-order valence-electron chi connectivity index (χ1n) is 9.34. The molecule has 4 rings (SSSR count). The second-order valence-electron chi connectivity index (χ2n) is 7.14. The van der Waals surface area contributed by atoms with Crippen LogP contribution in [-0.4, -0.2) is 32.2 Å². The number of hydrogen-bond acceptors (Lipinski definition) is 3. The minimum Gasteiger partial charge on any atom is -0.378 e. The van der Waals surface area contributed by atoms with Crippen LogP contribution in [0.5, 0.6) is 0 Å². The van der Waals surface area contributed by atoms with Crippen LogP contribution in [-0.2, 0) is 15.7 Å². The first kappa shape index (κ1) is 18.8. The molecule has 7 heteroatoms. The lowest BCUT2D eigenvalue weighted by Crippen LogP contribution is -2.36. The lowest BCUT2D eigenvalue weighted by atomic mass is 10.0. The molecule has 1 saturated carbocycles. The first-order valence-corrected chi connectivity index (χ1v) is 9.34. The van der Waals surface area contributed by atoms with Gasteiger partial charge in [0.1, 0.15) is 0 Å². The van der Waals surface area contributed by atoms with Crippen molar-refractivity contribution in [3.05, 3.63) is 59.7 Å². The Bertz CT molecular complexity index is 863. The van der Waals surface area contributed by atoms with Crippen LogP contribution >= 0.6 is 0 Å². The van der Waals surface area contributed by atoms with Gasteiger partial charge >= 0.3 is 6.18 Å². The number of alkyl halides is 3. The number of carbonyl (C=O) groups excluding carboxylic acids is 1. The summed E-state index contributed by atoms with van der Waals surface area (Å²) in [5.74, 6) is -1.07. The molecule has 4 nitrogen and oxygen atoms in total. The van der Waals surface area contributed by atoms with Crippen molar-refractivity contribution in [1.29, 1.82) is 0 Å². The van der Waals surface area contributed by atoms with Crippen LogP contribution < -0.4 is 10.2 Å². The summed E-state index contributed by atoms with van der Waals surface area (Å²) in [6, 6.07) is 13.0. The number of anilines is 2. The van der Waals surface area contributed by atoms with Crippen molar-refractivity contribution in [3.63, 3.8) is 0 Å². The predicted molar refractivity (Wildman–Crippen MR) is 100 cm³/mol. The SMILES string of the molecule is O=C(Nc1ccccc1N1CCOCC1)C1CC1c1ccccc1C(F)(F)F. The number of para-hydroxylation sites is 2. The van der Waals surface area contributed by atoms with E-state index >= 15 is 0 Å². The molecule has 1 aliphatic carbocycles. The van der Waals surface area contributed by atoms with Gasteiger partial charge in [0, 0.05) is 19.0 Å². The van der Waals surface area contributed by atoms with Gasteiger partial charge in [-0.2, -0.15) is 13.2 Å². The molecule has 0 bridgehead atoms. The number of benzene rings is 2. The monoisotopic (exact) mass is 390 g/mol. The Morgan fingerprint density at radius 1 is 1.04 bits per heavy atom. The Morgan fingerprint density at radius 2 is 1.71 bits per heavy atom. The van der Waals surface area contributed by atoms with E-state index in [2.05, 4.69) is 10.2 Å². The van der Waals surface area contributed by atoms with Gasteiger partial charge in [-0.15, -0.1) is 0 Å². The third-order valence-corrected chi connectivity index (χ3v) is 5.31. The van der Waals surface area contributed by atoms with E-state index in [4.69, 9.17) is 4.74 Å². The molecular formula is C21H21F3N2O2. The van der Waals surface area contributed by atoms with Crippen LogP contribution in [0, 0.1) is 5.92 Å². The summed E-state index contributed by atoms with van der Waals surface area (Å²) in [4.78, 5) is 14.9. The molecule has 1 aliphatic heterocycles. The Labute approximate surface area is 161 Å². The average Bonchev–Trinajstić information content (AvgIpc) is 3.49. The zero-order valence-corrected chi connectivity index (χ0v) is 15.2. The molecule has 2 unspecified atom stereocenters. The van der Waals surface area contributed by atoms with E-state index in [1.54, 1.807) is 6.07 Å². The van der Waals surface area contributed by atoms with Crippen molar-refractivity contribution in [2.45, 2.75) is 18.5 Å². The lowest BCUT2D eigenvalue weighted by Gasteiger charge is -2.30. The van der Waals surface area contributed by atoms with Gasteiger partial charge in [0.05, 0.1) is 30.2 Å². The fraction of sp³-hybridized carbons (Fsp3) is 0.381. The molecule has 1 saturated heterocycles. The molecule has 2 aromatic rings. The van der Waals surface area contributed by atoms with Crippen LogP contribution in [0.3, 0.4) is 0 Å². The molecule has 2 fully saturated rings. The summed E-state index contributed by atoms with van der Waals surface area (Å²) in [7, 11) is 0. The Kier molecular flexibility index (Phi) is 5.02. The number of amides is 1. The maximum absolute atomic E-state index is 13.3. The summed E-state index contributed by atoms with van der Waals surface area (Å²) in [5, 5.41) is 2.93. The zero-order chi connectivity index (χ0) is 19.7. The van der Waals surface area contributed by atoms with Gasteiger partial charge in [-0.25, -0.2) is 0 Å². The number of ether oxygens (including phenoxy) is 1. The highest BCUT2D eigenvalue weighted by Crippen LogP contribution is 2.51. The lowest BCUT2D eigenvalue weighted by molar-refractivity contribution is -0.138. The average molecular weight is 390 g/mol. The van der Waals surface area contributed by atoms with E-state index in [-0.39, 0.29) is 11.5 Å². The minimum absolute atomic E-state index is 0.205. The molecule has 2 aliphatic rings. The first-order chi connectivity index (χ1) is 13.4. The van der Waals surface area contributed by atoms with Gasteiger partial charge in [0.2, 0.25) is 5.91 Å². The third-order valence-electron chi connectivity index (χ3n) is 5.31. The highest BCUT2D eigenvalue weighted by molar-refractivity contribution is 5.98. The molecule has 28 heavy (non-hydrogen) atoms. The number of nitrogens with one attached hydrogen (secondary N) is 1. The molecule has 1 heterocycles. The summed E-state index contributed by atoms with van der Waals surface area (Å²) in [6.07, 6.45) is -3.98. The van der Waals surface area contributed by atoms with E-state index in [1.165, 1.54) is 12.1 Å². The summed E-state index contributed by atoms with van der Waals surface area (Å²) >= 11 is 0. The minimum atomic E-state index is -4.41. The highest BCUT2D eigenvalue weighted by Gasteiger charge is 2.47. The highest BCUT2D eigenvalue weighted by atomic mass is 19.4. The predicted octanol–water partition coefficient (Wildman–Crippen LogP) is 4.28. The van der Waals surface area contributed by atoms with Crippen LogP contribution in [0.25, 0.3) is 0 Å².